The third-order valence-corrected chi connectivity index (χ3v) is 4.65. The predicted octanol–water partition coefficient (Wildman–Crippen LogP) is 2.88. The number of carbonyl (C=O) groups excluding carboxylic acids is 1. The number of benzene rings is 1. The molecule has 1 fully saturated rings. The first-order valence-corrected chi connectivity index (χ1v) is 8.36. The van der Waals surface area contributed by atoms with Gasteiger partial charge in [0, 0.05) is 24.0 Å². The van der Waals surface area contributed by atoms with E-state index in [1.165, 1.54) is 11.3 Å². The van der Waals surface area contributed by atoms with Gasteiger partial charge in [-0.05, 0) is 36.8 Å². The average molecular weight is 293 g/mol. The van der Waals surface area contributed by atoms with E-state index >= 15 is 0 Å². The average Bonchev–Trinajstić information content (AvgIpc) is 2.87. The van der Waals surface area contributed by atoms with Crippen LogP contribution in [-0.2, 0) is 16.0 Å². The fraction of sp³-hybridized carbons (Fsp3) is 0.562. The van der Waals surface area contributed by atoms with Gasteiger partial charge >= 0.3 is 0 Å². The number of methoxy groups -OCH3 is 1. The number of hydrogen-bond acceptors (Lipinski definition) is 3. The highest BCUT2D eigenvalue weighted by molar-refractivity contribution is 7.98. The Morgan fingerprint density at radius 2 is 2.10 bits per heavy atom. The van der Waals surface area contributed by atoms with E-state index < -0.39 is 0 Å². The highest BCUT2D eigenvalue weighted by Crippen LogP contribution is 2.25. The molecule has 2 atom stereocenters. The van der Waals surface area contributed by atoms with E-state index in [2.05, 4.69) is 23.7 Å². The second-order valence-electron chi connectivity index (χ2n) is 5.35. The Kier molecular flexibility index (Phi) is 5.92. The van der Waals surface area contributed by atoms with E-state index in [-0.39, 0.29) is 11.9 Å². The lowest BCUT2D eigenvalue weighted by molar-refractivity contribution is -0.121. The number of amides is 1. The van der Waals surface area contributed by atoms with Crippen LogP contribution >= 0.6 is 11.8 Å². The minimum absolute atomic E-state index is 0.120. The van der Waals surface area contributed by atoms with Gasteiger partial charge in [-0.2, -0.15) is 0 Å². The zero-order valence-electron chi connectivity index (χ0n) is 12.2. The van der Waals surface area contributed by atoms with Crippen molar-refractivity contribution in [2.24, 2.45) is 5.92 Å². The number of hydrogen-bond donors (Lipinski definition) is 1. The summed E-state index contributed by atoms with van der Waals surface area (Å²) in [5.74, 6) is 0.595. The van der Waals surface area contributed by atoms with Crippen molar-refractivity contribution in [1.82, 2.24) is 5.32 Å². The molecule has 1 aliphatic carbocycles. The molecule has 0 aromatic heterocycles. The maximum absolute atomic E-state index is 12.1. The molecular formula is C16H23NO2S. The second-order valence-corrected chi connectivity index (χ2v) is 6.22. The Morgan fingerprint density at radius 3 is 2.75 bits per heavy atom. The number of carbonyl (C=O) groups is 1. The molecule has 1 aromatic carbocycles. The van der Waals surface area contributed by atoms with Crippen LogP contribution in [0.1, 0.15) is 24.8 Å². The molecule has 0 saturated heterocycles. The van der Waals surface area contributed by atoms with Crippen LogP contribution in [0.3, 0.4) is 0 Å². The number of rotatable bonds is 6. The first-order valence-electron chi connectivity index (χ1n) is 7.14. The maximum Gasteiger partial charge on any atom is 0.224 e. The smallest absolute Gasteiger partial charge is 0.224 e. The van der Waals surface area contributed by atoms with Crippen LogP contribution in [0.2, 0.25) is 0 Å². The third-order valence-electron chi connectivity index (χ3n) is 3.91. The predicted molar refractivity (Wildman–Crippen MR) is 83.1 cm³/mol. The van der Waals surface area contributed by atoms with Crippen LogP contribution in [0.25, 0.3) is 0 Å². The van der Waals surface area contributed by atoms with Crippen molar-refractivity contribution >= 4 is 17.7 Å². The molecule has 1 aromatic rings. The Balaban J connectivity index is 1.85. The normalized spacial score (nSPS) is 21.9. The lowest BCUT2D eigenvalue weighted by atomic mass is 10.0. The van der Waals surface area contributed by atoms with E-state index in [1.54, 1.807) is 18.9 Å². The fourth-order valence-electron chi connectivity index (χ4n) is 2.83. The minimum atomic E-state index is 0.120. The van der Waals surface area contributed by atoms with Crippen LogP contribution in [0, 0.1) is 5.92 Å². The van der Waals surface area contributed by atoms with E-state index in [4.69, 9.17) is 4.74 Å². The second kappa shape index (κ2) is 7.70. The van der Waals surface area contributed by atoms with Crippen molar-refractivity contribution in [3.8, 4) is 0 Å². The van der Waals surface area contributed by atoms with Gasteiger partial charge in [-0.15, -0.1) is 11.8 Å². The Morgan fingerprint density at radius 1 is 1.35 bits per heavy atom. The molecular weight excluding hydrogens is 270 g/mol. The molecule has 0 unspecified atom stereocenters. The van der Waals surface area contributed by atoms with Crippen molar-refractivity contribution in [1.29, 1.82) is 0 Å². The lowest BCUT2D eigenvalue weighted by Gasteiger charge is -2.20. The van der Waals surface area contributed by atoms with Gasteiger partial charge in [0.15, 0.2) is 0 Å². The zero-order chi connectivity index (χ0) is 14.4. The highest BCUT2D eigenvalue weighted by Gasteiger charge is 2.28. The van der Waals surface area contributed by atoms with Gasteiger partial charge in [-0.3, -0.25) is 4.79 Å². The number of nitrogens with one attached hydrogen (secondary N) is 1. The summed E-state index contributed by atoms with van der Waals surface area (Å²) in [5.41, 5.74) is 1.07. The summed E-state index contributed by atoms with van der Waals surface area (Å²) in [6.45, 7) is 0.743. The summed E-state index contributed by atoms with van der Waals surface area (Å²) in [6.07, 6.45) is 5.93. The Labute approximate surface area is 125 Å². The molecule has 20 heavy (non-hydrogen) atoms. The molecule has 1 saturated carbocycles. The van der Waals surface area contributed by atoms with Gasteiger partial charge in [0.05, 0.1) is 13.0 Å². The molecule has 0 aliphatic heterocycles. The molecule has 3 nitrogen and oxygen atoms in total. The molecule has 0 heterocycles. The molecule has 110 valence electrons. The highest BCUT2D eigenvalue weighted by atomic mass is 32.2. The molecule has 2 rings (SSSR count). The summed E-state index contributed by atoms with van der Waals surface area (Å²) in [4.78, 5) is 13.3. The summed E-state index contributed by atoms with van der Waals surface area (Å²) in [7, 11) is 1.73. The molecule has 1 aliphatic rings. The zero-order valence-corrected chi connectivity index (χ0v) is 13.0. The largest absolute Gasteiger partial charge is 0.384 e. The van der Waals surface area contributed by atoms with Crippen LogP contribution in [-0.4, -0.2) is 31.9 Å². The van der Waals surface area contributed by atoms with Crippen molar-refractivity contribution in [3.05, 3.63) is 29.8 Å². The molecule has 0 bridgehead atoms. The van der Waals surface area contributed by atoms with Gasteiger partial charge in [0.2, 0.25) is 5.91 Å². The van der Waals surface area contributed by atoms with Crippen molar-refractivity contribution in [2.75, 3.05) is 20.0 Å². The number of thioether (sulfide) groups is 1. The maximum atomic E-state index is 12.1. The SMILES string of the molecule is COC[C@@H]1CCC[C@@H]1NC(=O)Cc1ccc(SC)cc1. The quantitative estimate of drug-likeness (QED) is 0.820. The third kappa shape index (κ3) is 4.25. The lowest BCUT2D eigenvalue weighted by Crippen LogP contribution is -2.39. The standard InChI is InChI=1S/C16H23NO2S/c1-19-11-13-4-3-5-15(13)17-16(18)10-12-6-8-14(20-2)9-7-12/h6-9,13,15H,3-5,10-11H2,1-2H3,(H,17,18)/t13-,15-/m0/s1. The van der Waals surface area contributed by atoms with E-state index in [1.807, 2.05) is 12.1 Å². The van der Waals surface area contributed by atoms with Gasteiger partial charge in [-0.1, -0.05) is 18.6 Å². The summed E-state index contributed by atoms with van der Waals surface area (Å²) in [5, 5.41) is 3.17. The van der Waals surface area contributed by atoms with E-state index in [0.29, 0.717) is 12.3 Å². The summed E-state index contributed by atoms with van der Waals surface area (Å²) < 4.78 is 5.23. The van der Waals surface area contributed by atoms with Crippen LogP contribution in [0.4, 0.5) is 0 Å². The molecule has 0 spiro atoms. The number of ether oxygens (including phenoxy) is 1. The molecule has 1 amide bonds. The molecule has 0 radical (unpaired) electrons. The van der Waals surface area contributed by atoms with Crippen LogP contribution in [0.5, 0.6) is 0 Å². The molecule has 1 N–H and O–H groups in total. The van der Waals surface area contributed by atoms with Crippen LogP contribution in [0.15, 0.2) is 29.2 Å². The molecule has 4 heteroatoms. The van der Waals surface area contributed by atoms with Crippen LogP contribution < -0.4 is 5.32 Å². The van der Waals surface area contributed by atoms with Crippen molar-refractivity contribution in [2.45, 2.75) is 36.6 Å². The first-order chi connectivity index (χ1) is 9.72. The summed E-state index contributed by atoms with van der Waals surface area (Å²) >= 11 is 1.71. The first kappa shape index (κ1) is 15.4. The monoisotopic (exact) mass is 293 g/mol. The Hall–Kier alpha value is -1.00. The van der Waals surface area contributed by atoms with Gasteiger partial charge in [0.1, 0.15) is 0 Å². The van der Waals surface area contributed by atoms with E-state index in [9.17, 15) is 4.79 Å². The van der Waals surface area contributed by atoms with Gasteiger partial charge in [0.25, 0.3) is 0 Å². The van der Waals surface area contributed by atoms with Crippen molar-refractivity contribution in [3.63, 3.8) is 0 Å². The fourth-order valence-corrected chi connectivity index (χ4v) is 3.24. The topological polar surface area (TPSA) is 38.3 Å². The minimum Gasteiger partial charge on any atom is -0.384 e. The summed E-state index contributed by atoms with van der Waals surface area (Å²) in [6, 6.07) is 8.49. The van der Waals surface area contributed by atoms with Crippen molar-refractivity contribution < 1.29 is 9.53 Å². The van der Waals surface area contributed by atoms with Gasteiger partial charge < -0.3 is 10.1 Å². The van der Waals surface area contributed by atoms with Gasteiger partial charge in [-0.25, -0.2) is 0 Å². The van der Waals surface area contributed by atoms with E-state index in [0.717, 1.165) is 25.0 Å². The Bertz CT molecular complexity index is 433.